The fourth-order valence-corrected chi connectivity index (χ4v) is 18.1. The van der Waals surface area contributed by atoms with Crippen molar-refractivity contribution >= 4 is 34.0 Å². The van der Waals surface area contributed by atoms with E-state index < -0.39 is 18.4 Å². The van der Waals surface area contributed by atoms with Crippen LogP contribution in [0.4, 0.5) is 4.39 Å². The van der Waals surface area contributed by atoms with Crippen LogP contribution in [-0.4, -0.2) is 98.9 Å². The number of halogens is 2. The number of hydrogen-bond donors (Lipinski definition) is 3. The third-order valence-electron chi connectivity index (χ3n) is 21.2. The van der Waals surface area contributed by atoms with Crippen LogP contribution < -0.4 is 108 Å². The number of alkyl halides is 2. The van der Waals surface area contributed by atoms with Crippen LogP contribution in [0.5, 0.6) is 0 Å². The van der Waals surface area contributed by atoms with Gasteiger partial charge in [-0.15, -0.1) is 0 Å². The summed E-state index contributed by atoms with van der Waals surface area (Å²) in [6.45, 7) is 10.9. The molecule has 15 nitrogen and oxygen atoms in total. The molecule has 2 aromatic rings. The first-order valence-electron chi connectivity index (χ1n) is 27.4. The van der Waals surface area contributed by atoms with Crippen LogP contribution >= 0.6 is 15.9 Å². The number of carbonyl (C=O) groups excluding carboxylic acids is 3. The van der Waals surface area contributed by atoms with Gasteiger partial charge in [0.2, 0.25) is 11.6 Å². The maximum Gasteiger partial charge on any atom is 1.00 e. The monoisotopic (exact) mass is 1190 g/mol. The fraction of sp³-hybridized carbons (Fsp3) is 0.810. The zero-order valence-electron chi connectivity index (χ0n) is 48.2. The molecule has 8 aliphatic carbocycles. The van der Waals surface area contributed by atoms with Gasteiger partial charge in [0, 0.05) is 50.8 Å². The van der Waals surface area contributed by atoms with Crippen LogP contribution in [0.1, 0.15) is 173 Å². The van der Waals surface area contributed by atoms with Crippen molar-refractivity contribution in [1.29, 1.82) is 10.5 Å². The number of hydrogen-bond acceptors (Lipinski definition) is 13. The maximum atomic E-state index is 13.4. The van der Waals surface area contributed by atoms with Gasteiger partial charge in [-0.1, -0.05) is 58.5 Å². The van der Waals surface area contributed by atoms with E-state index in [1.165, 1.54) is 51.4 Å². The molecule has 0 unspecified atom stereocenters. The number of imidazole rings is 2. The first-order valence-corrected chi connectivity index (χ1v) is 27.8. The largest absolute Gasteiger partial charge is 1.00 e. The second kappa shape index (κ2) is 31.5. The normalized spacial score (nSPS) is 38.5. The summed E-state index contributed by atoms with van der Waals surface area (Å²) in [6, 6.07) is 3.93. The number of aromatic nitrogens is 4. The molecule has 77 heavy (non-hydrogen) atoms. The molecule has 2 aromatic heterocycles. The zero-order valence-corrected chi connectivity index (χ0v) is 54.0. The van der Waals surface area contributed by atoms with Gasteiger partial charge in [0.15, 0.2) is 5.78 Å². The summed E-state index contributed by atoms with van der Waals surface area (Å²) in [7, 11) is 2.39. The molecule has 0 aromatic carbocycles. The molecule has 8 aliphatic rings. The Bertz CT molecular complexity index is 2280. The predicted octanol–water partition coefficient (Wildman–Crippen LogP) is 4.04. The number of Topliss-reactive ketones (excluding diaryl/α,β-unsaturated/α-hetero) is 2. The van der Waals surface area contributed by atoms with Gasteiger partial charge in [-0.2, -0.15) is 10.5 Å². The first-order chi connectivity index (χ1) is 35.3. The Morgan fingerprint density at radius 3 is 1.61 bits per heavy atom. The summed E-state index contributed by atoms with van der Waals surface area (Å²) in [4.78, 5) is 47.5. The van der Waals surface area contributed by atoms with Crippen LogP contribution in [0.15, 0.2) is 24.8 Å². The van der Waals surface area contributed by atoms with Crippen LogP contribution in [0.3, 0.4) is 0 Å². The molecule has 8 saturated carbocycles. The van der Waals surface area contributed by atoms with Gasteiger partial charge in [0.1, 0.15) is 17.9 Å². The van der Waals surface area contributed by atoms with Crippen molar-refractivity contribution in [3.63, 3.8) is 0 Å². The molecule has 16 atom stereocenters. The third-order valence-corrected chi connectivity index (χ3v) is 21.7. The molecule has 0 amide bonds. The number of fused-ring (bicyclic) bond motifs is 10. The summed E-state index contributed by atoms with van der Waals surface area (Å²) in [5.74, 6) is 7.23. The van der Waals surface area contributed by atoms with E-state index in [-0.39, 0.29) is 161 Å². The SMILES string of the molecule is C.C.COC[C@@]1(O)CC[C@@]2(C)[C@@H](CC[C@@H]3[C@@H]2CC[C@]2(C)[C@@H](C(=O)CBr)CC[C@@H]32)C1.COC[C@@]1(O)CC[C@@]2(C)[C@@H](CC[C@@H]3[C@@H]2CC[C@]2(C)[C@@H](C(=O)Cn4ccnc4C#N)CC[C@@H]32)C1.N#Cc1ncc[nH]1.O=CO[O-].[2H]CF.[H-].[K+].[K+]. The van der Waals surface area contributed by atoms with Crippen molar-refractivity contribution < 1.29 is 154 Å². The Kier molecular flexibility index (Phi) is 29.1. The first kappa shape index (κ1) is 71.0. The summed E-state index contributed by atoms with van der Waals surface area (Å²) >= 11 is 3.43. The van der Waals surface area contributed by atoms with Crippen LogP contribution in [0.2, 0.25) is 0 Å². The molecule has 19 heteroatoms. The summed E-state index contributed by atoms with van der Waals surface area (Å²) < 4.78 is 27.9. The summed E-state index contributed by atoms with van der Waals surface area (Å²) in [6.07, 6.45) is 26.5. The average Bonchev–Trinajstić information content (AvgIpc) is 4.21. The number of nitriles is 2. The van der Waals surface area contributed by atoms with Gasteiger partial charge < -0.3 is 40.8 Å². The fourth-order valence-electron chi connectivity index (χ4n) is 17.7. The van der Waals surface area contributed by atoms with Crippen molar-refractivity contribution in [1.82, 2.24) is 19.5 Å². The molecule has 10 rings (SSSR count). The van der Waals surface area contributed by atoms with Crippen molar-refractivity contribution in [2.24, 2.45) is 80.8 Å². The zero-order chi connectivity index (χ0) is 54.1. The van der Waals surface area contributed by atoms with Crippen molar-refractivity contribution in [3.05, 3.63) is 36.4 Å². The molecular formula is C58H92BrFK2N6O9. The Labute approximate surface area is 556 Å². The van der Waals surface area contributed by atoms with E-state index >= 15 is 0 Å². The number of H-pyrrole nitrogens is 1. The molecular weight excluding hydrogens is 1100 g/mol. The van der Waals surface area contributed by atoms with Gasteiger partial charge in [-0.3, -0.25) is 18.8 Å². The maximum absolute atomic E-state index is 13.4. The predicted molar refractivity (Wildman–Crippen MR) is 287 cm³/mol. The number of aromatic amines is 1. The van der Waals surface area contributed by atoms with Crippen LogP contribution in [-0.2, 0) is 35.3 Å². The minimum Gasteiger partial charge on any atom is -1.00 e. The molecule has 0 bridgehead atoms. The van der Waals surface area contributed by atoms with Crippen molar-refractivity contribution in [2.75, 3.05) is 39.9 Å². The number of nitrogens with zero attached hydrogens (tertiary/aromatic N) is 5. The Balaban J connectivity index is 0.000000610. The number of methoxy groups -OCH3 is 2. The van der Waals surface area contributed by atoms with Crippen molar-refractivity contribution in [2.45, 2.75) is 176 Å². The Hall–Kier alpha value is -0.307. The molecule has 3 N–H and O–H groups in total. The van der Waals surface area contributed by atoms with Gasteiger partial charge in [0.05, 0.1) is 44.8 Å². The second-order valence-corrected chi connectivity index (χ2v) is 24.7. The minimum atomic E-state index is -1.00. The summed E-state index contributed by atoms with van der Waals surface area (Å²) in [5, 5.41) is 48.3. The van der Waals surface area contributed by atoms with Gasteiger partial charge in [0.25, 0.3) is 6.47 Å². The van der Waals surface area contributed by atoms with E-state index in [4.69, 9.17) is 26.2 Å². The molecule has 8 fully saturated rings. The molecule has 424 valence electrons. The van der Waals surface area contributed by atoms with Gasteiger partial charge in [-0.25, -0.2) is 9.97 Å². The second-order valence-electron chi connectivity index (χ2n) is 24.2. The van der Waals surface area contributed by atoms with Crippen molar-refractivity contribution in [3.8, 4) is 12.1 Å². The van der Waals surface area contributed by atoms with E-state index in [0.29, 0.717) is 76.4 Å². The van der Waals surface area contributed by atoms with E-state index in [2.05, 4.69) is 69.5 Å². The van der Waals surface area contributed by atoms with Gasteiger partial charge >= 0.3 is 103 Å². The van der Waals surface area contributed by atoms with E-state index in [1.54, 1.807) is 43.6 Å². The quantitative estimate of drug-likeness (QED) is 0.100. The van der Waals surface area contributed by atoms with Crippen LogP contribution in [0.25, 0.3) is 0 Å². The molecule has 0 spiro atoms. The average molecular weight is 1200 g/mol. The van der Waals surface area contributed by atoms with E-state index in [1.807, 2.05) is 6.07 Å². The van der Waals surface area contributed by atoms with E-state index in [0.717, 1.165) is 82.0 Å². The number of carbonyl (C=O) groups is 3. The Morgan fingerprint density at radius 1 is 0.779 bits per heavy atom. The standard InChI is InChI=1S/C27H39N3O3.C23H37BrO3.C4H3N3.CH3F.CH2O3.2CH4.2K.H/c1-25-10-11-27(32,17-33-3)14-18(25)4-5-19-20-6-7-22(26(20,2)9-8-21(19)25)23(31)16-30-13-12-29-24(30)15-28;1-21-10-11-23(26,14-27-3)12-15(21)4-5-16-17-6-7-19(20(25)13-24)22(17,2)9-8-18(16)21;5-3-4-6-1-2-7-4;1-2;2-1-4-3;;;;;/h12-13,18-22,32H,4-11,14,16-17H2,1-3H3;15-19,26H,4-14H2,1-3H3;1-2H,(H,6,7);1H3;1,3H;2*1H4;;;/q;;;;;;;2*+1;-1/p-1/t18-,19-,20-,21-,22+,25-,26-,27+;15-,16-,17-,18-,19+,21-,22-,23+;;;;;;;;/m00......../s1/i;;;1D;;;;;;. The number of ether oxygens (including phenoxy) is 2. The molecule has 0 saturated heterocycles. The number of nitrogens with one attached hydrogen (secondary N) is 1. The third kappa shape index (κ3) is 15.3. The topological polar surface area (TPSA) is 236 Å². The van der Waals surface area contributed by atoms with Crippen LogP contribution in [0, 0.1) is 104 Å². The Morgan fingerprint density at radius 2 is 1.23 bits per heavy atom. The number of aliphatic hydroxyl groups is 2. The molecule has 0 aliphatic heterocycles. The van der Waals surface area contributed by atoms with E-state index in [9.17, 15) is 29.5 Å². The number of ketones is 2. The molecule has 0 radical (unpaired) electrons. The summed E-state index contributed by atoms with van der Waals surface area (Å²) in [5.41, 5.74) is -0.321. The minimum absolute atomic E-state index is 0. The number of rotatable bonds is 10. The smallest absolute Gasteiger partial charge is 1.00 e. The van der Waals surface area contributed by atoms with Gasteiger partial charge in [-0.05, 0) is 185 Å². The molecule has 2 heterocycles.